The van der Waals surface area contributed by atoms with Crippen molar-refractivity contribution in [2.45, 2.75) is 63.1 Å². The van der Waals surface area contributed by atoms with E-state index in [-0.39, 0.29) is 17.4 Å². The lowest BCUT2D eigenvalue weighted by molar-refractivity contribution is 0.0190. The first-order valence-electron chi connectivity index (χ1n) is 18.0. The van der Waals surface area contributed by atoms with Gasteiger partial charge in [0.2, 0.25) is 0 Å². The summed E-state index contributed by atoms with van der Waals surface area (Å²) in [5.41, 5.74) is 11.5. The van der Waals surface area contributed by atoms with Gasteiger partial charge in [-0.2, -0.15) is 0 Å². The average molecular weight is 680 g/mol. The Kier molecular flexibility index (Phi) is 7.88. The summed E-state index contributed by atoms with van der Waals surface area (Å²) in [6.45, 7) is 0.623. The van der Waals surface area contributed by atoms with Gasteiger partial charge < -0.3 is 34.5 Å². The highest BCUT2D eigenvalue weighted by atomic mass is 16.5. The second-order valence-corrected chi connectivity index (χ2v) is 14.2. The minimum atomic E-state index is -0.823. The van der Waals surface area contributed by atoms with Crippen LogP contribution in [-0.2, 0) is 38.5 Å². The fourth-order valence-electron chi connectivity index (χ4n) is 8.64. The number of benzene rings is 5. The zero-order chi connectivity index (χ0) is 34.6. The van der Waals surface area contributed by atoms with Crippen molar-refractivity contribution in [1.29, 1.82) is 0 Å². The summed E-state index contributed by atoms with van der Waals surface area (Å²) in [4.78, 5) is 3.29. The lowest BCUT2D eigenvalue weighted by Crippen LogP contribution is -2.33. The quantitative estimate of drug-likeness (QED) is 0.135. The Morgan fingerprint density at radius 1 is 0.843 bits per heavy atom. The number of phenolic OH excluding ortho intramolecular Hbond substituents is 2. The summed E-state index contributed by atoms with van der Waals surface area (Å²) in [6.07, 6.45) is 5.50. The normalized spacial score (nSPS) is 18.9. The molecule has 0 spiro atoms. The first-order chi connectivity index (χ1) is 24.9. The Morgan fingerprint density at radius 2 is 1.73 bits per heavy atom. The lowest BCUT2D eigenvalue weighted by atomic mass is 9.72. The fraction of sp³-hybridized carbons (Fsp3) is 0.273. The molecule has 51 heavy (non-hydrogen) atoms. The van der Waals surface area contributed by atoms with Crippen molar-refractivity contribution in [2.24, 2.45) is 0 Å². The van der Waals surface area contributed by atoms with E-state index in [1.54, 1.807) is 19.2 Å². The molecule has 3 unspecified atom stereocenters. The van der Waals surface area contributed by atoms with Gasteiger partial charge in [0, 0.05) is 34.8 Å². The Labute approximate surface area is 297 Å². The maximum absolute atomic E-state index is 11.9. The summed E-state index contributed by atoms with van der Waals surface area (Å²) in [6, 6.07) is 28.3. The molecular formula is C44H41NO6. The van der Waals surface area contributed by atoms with Crippen LogP contribution in [0.5, 0.6) is 28.7 Å². The molecule has 7 nitrogen and oxygen atoms in total. The van der Waals surface area contributed by atoms with E-state index in [0.717, 1.165) is 93.6 Å². The Balaban J connectivity index is 1.12. The van der Waals surface area contributed by atoms with Crippen molar-refractivity contribution in [2.75, 3.05) is 13.7 Å². The van der Waals surface area contributed by atoms with Crippen molar-refractivity contribution in [3.05, 3.63) is 136 Å². The summed E-state index contributed by atoms with van der Waals surface area (Å²) < 4.78 is 19.1. The second-order valence-electron chi connectivity index (χ2n) is 14.2. The number of phenols is 2. The predicted octanol–water partition coefficient (Wildman–Crippen LogP) is 8.28. The molecule has 1 aliphatic carbocycles. The number of H-pyrrole nitrogens is 1. The molecule has 7 heteroatoms. The number of aromatic nitrogens is 1. The van der Waals surface area contributed by atoms with Gasteiger partial charge in [0.25, 0.3) is 0 Å². The number of aromatic amines is 1. The molecule has 6 aromatic rings. The molecule has 4 N–H and O–H groups in total. The first kappa shape index (κ1) is 31.6. The number of aromatic hydroxyl groups is 2. The van der Waals surface area contributed by atoms with Gasteiger partial charge >= 0.3 is 0 Å². The molecule has 0 saturated heterocycles. The number of ether oxygens (including phenoxy) is 3. The van der Waals surface area contributed by atoms with Gasteiger partial charge in [-0.05, 0) is 131 Å². The van der Waals surface area contributed by atoms with Crippen molar-refractivity contribution in [1.82, 2.24) is 4.98 Å². The minimum absolute atomic E-state index is 0.102. The van der Waals surface area contributed by atoms with Crippen LogP contribution in [0.4, 0.5) is 0 Å². The number of hydrogen-bond donors (Lipinski definition) is 4. The molecule has 9 rings (SSSR count). The van der Waals surface area contributed by atoms with Crippen LogP contribution in [0.15, 0.2) is 91.1 Å². The third-order valence-electron chi connectivity index (χ3n) is 11.1. The zero-order valence-electron chi connectivity index (χ0n) is 28.6. The van der Waals surface area contributed by atoms with E-state index in [9.17, 15) is 15.3 Å². The van der Waals surface area contributed by atoms with Gasteiger partial charge in [0.1, 0.15) is 23.4 Å². The van der Waals surface area contributed by atoms with E-state index < -0.39 is 12.2 Å². The number of rotatable bonds is 7. The van der Waals surface area contributed by atoms with E-state index >= 15 is 0 Å². The van der Waals surface area contributed by atoms with Crippen LogP contribution in [-0.4, -0.2) is 40.1 Å². The summed E-state index contributed by atoms with van der Waals surface area (Å²) in [7, 11) is 1.55. The van der Waals surface area contributed by atoms with Crippen LogP contribution in [0.2, 0.25) is 0 Å². The van der Waals surface area contributed by atoms with Gasteiger partial charge in [-0.3, -0.25) is 0 Å². The molecule has 0 amide bonds. The van der Waals surface area contributed by atoms with Gasteiger partial charge in [-0.15, -0.1) is 0 Å². The summed E-state index contributed by atoms with van der Waals surface area (Å²) >= 11 is 0. The molecule has 3 aliphatic rings. The Hall–Kier alpha value is -5.40. The molecule has 0 bridgehead atoms. The first-order valence-corrected chi connectivity index (χ1v) is 18.0. The molecule has 0 radical (unpaired) electrons. The van der Waals surface area contributed by atoms with Crippen LogP contribution in [0.3, 0.4) is 0 Å². The smallest absolute Gasteiger partial charge is 0.161 e. The third kappa shape index (κ3) is 5.56. The number of aryl methyl sites for hydroxylation is 2. The number of fused-ring (bicyclic) bond motifs is 9. The number of methoxy groups -OCH3 is 1. The highest BCUT2D eigenvalue weighted by Crippen LogP contribution is 2.55. The van der Waals surface area contributed by atoms with Crippen LogP contribution < -0.4 is 14.2 Å². The lowest BCUT2D eigenvalue weighted by Gasteiger charge is -2.39. The highest BCUT2D eigenvalue weighted by Gasteiger charge is 2.40. The maximum atomic E-state index is 11.9. The number of aliphatic hydroxyl groups excluding tert-OH is 1. The summed E-state index contributed by atoms with van der Waals surface area (Å²) in [5, 5.41) is 34.9. The molecule has 0 saturated carbocycles. The van der Waals surface area contributed by atoms with Crippen LogP contribution >= 0.6 is 0 Å². The molecule has 5 aromatic carbocycles. The molecule has 258 valence electrons. The van der Waals surface area contributed by atoms with E-state index in [2.05, 4.69) is 41.4 Å². The van der Waals surface area contributed by atoms with Crippen molar-refractivity contribution < 1.29 is 29.5 Å². The number of nitrogens with one attached hydrogen (secondary N) is 1. The van der Waals surface area contributed by atoms with E-state index in [0.29, 0.717) is 25.2 Å². The SMILES string of the molecule is COc1cc(C2Oc3c(c4c(c5c3CCCO5)-c3ccc(O)cc3C(Cc3ccc5[nH]ccc5c3)C4)CC2O)cc(CCc2ccccc2)c1O. The summed E-state index contributed by atoms with van der Waals surface area (Å²) in [5.74, 6) is 2.51. The van der Waals surface area contributed by atoms with Crippen molar-refractivity contribution in [3.8, 4) is 39.9 Å². The minimum Gasteiger partial charge on any atom is -0.508 e. The van der Waals surface area contributed by atoms with Crippen LogP contribution in [0.25, 0.3) is 22.0 Å². The second kappa shape index (κ2) is 12.7. The zero-order valence-corrected chi connectivity index (χ0v) is 28.6. The molecule has 0 fully saturated rings. The Bertz CT molecular complexity index is 2270. The monoisotopic (exact) mass is 679 g/mol. The number of aliphatic hydroxyl groups is 1. The van der Waals surface area contributed by atoms with Gasteiger partial charge in [-0.1, -0.05) is 42.5 Å². The van der Waals surface area contributed by atoms with Gasteiger partial charge in [0.05, 0.1) is 19.8 Å². The van der Waals surface area contributed by atoms with E-state index in [4.69, 9.17) is 14.2 Å². The maximum Gasteiger partial charge on any atom is 0.161 e. The average Bonchev–Trinajstić information content (AvgIpc) is 3.63. The largest absolute Gasteiger partial charge is 0.508 e. The van der Waals surface area contributed by atoms with Crippen LogP contribution in [0, 0.1) is 0 Å². The molecular weight excluding hydrogens is 638 g/mol. The highest BCUT2D eigenvalue weighted by molar-refractivity contribution is 5.85. The Morgan fingerprint density at radius 3 is 2.59 bits per heavy atom. The topological polar surface area (TPSA) is 104 Å². The standard InChI is InChI=1S/C44H41NO6/c1-49-39-22-30(20-28(41(39)48)11-9-25-6-3-2-4-7-25)42-38(47)24-36-35-21-29(19-26-10-14-37-27(18-26)15-16-45-37)34-23-31(46)12-13-32(34)40(35)44-33(43(36)51-42)8-5-17-50-44/h2-4,6-7,10,12-16,18,20,22-23,29,38,42,45-48H,5,8-9,11,17,19,21,24H2,1H3. The fourth-order valence-corrected chi connectivity index (χ4v) is 8.64. The molecule has 3 heterocycles. The third-order valence-corrected chi connectivity index (χ3v) is 11.1. The van der Waals surface area contributed by atoms with E-state index in [1.165, 1.54) is 16.5 Å². The molecule has 2 aliphatic heterocycles. The molecule has 3 atom stereocenters. The van der Waals surface area contributed by atoms with Gasteiger partial charge in [-0.25, -0.2) is 0 Å². The van der Waals surface area contributed by atoms with Crippen LogP contribution in [0.1, 0.15) is 63.0 Å². The number of hydrogen-bond acceptors (Lipinski definition) is 6. The predicted molar refractivity (Wildman–Crippen MR) is 197 cm³/mol. The van der Waals surface area contributed by atoms with Gasteiger partial charge in [0.15, 0.2) is 11.5 Å². The van der Waals surface area contributed by atoms with Crippen molar-refractivity contribution >= 4 is 10.9 Å². The molecule has 1 aromatic heterocycles. The van der Waals surface area contributed by atoms with E-state index in [1.807, 2.05) is 42.6 Å². The van der Waals surface area contributed by atoms with Crippen molar-refractivity contribution in [3.63, 3.8) is 0 Å².